The van der Waals surface area contributed by atoms with E-state index in [9.17, 15) is 0 Å². The van der Waals surface area contributed by atoms with Gasteiger partial charge >= 0.3 is 0 Å². The van der Waals surface area contributed by atoms with Gasteiger partial charge in [0.15, 0.2) is 0 Å². The molecule has 106 valence electrons. The minimum Gasteiger partial charge on any atom is -0.305 e. The van der Waals surface area contributed by atoms with E-state index < -0.39 is 0 Å². The molecule has 1 aromatic rings. The molecule has 3 heteroatoms. The van der Waals surface area contributed by atoms with Crippen LogP contribution in [0.2, 0.25) is 0 Å². The second-order valence-corrected chi connectivity index (χ2v) is 7.59. The van der Waals surface area contributed by atoms with Gasteiger partial charge in [0.25, 0.3) is 0 Å². The summed E-state index contributed by atoms with van der Waals surface area (Å²) in [6, 6.07) is 1.13. The zero-order chi connectivity index (χ0) is 13.3. The number of nitrogens with zero attached hydrogens (tertiary/aromatic N) is 1. The van der Waals surface area contributed by atoms with Crippen molar-refractivity contribution in [3.63, 3.8) is 0 Å². The van der Waals surface area contributed by atoms with Gasteiger partial charge in [-0.05, 0) is 57.8 Å². The molecule has 0 bridgehead atoms. The van der Waals surface area contributed by atoms with E-state index in [1.165, 1.54) is 56.4 Å². The molecule has 0 aliphatic heterocycles. The molecular weight excluding hydrogens is 252 g/mol. The van der Waals surface area contributed by atoms with Gasteiger partial charge in [0, 0.05) is 17.1 Å². The molecule has 0 radical (unpaired) electrons. The second-order valence-electron chi connectivity index (χ2n) is 6.70. The summed E-state index contributed by atoms with van der Waals surface area (Å²) < 4.78 is 0. The number of rotatable bonds is 3. The van der Waals surface area contributed by atoms with E-state index in [1.807, 2.05) is 0 Å². The predicted octanol–water partition coefficient (Wildman–Crippen LogP) is 4.61. The summed E-state index contributed by atoms with van der Waals surface area (Å²) in [5, 5.41) is 7.21. The van der Waals surface area contributed by atoms with Gasteiger partial charge in [0.05, 0.1) is 6.04 Å². The van der Waals surface area contributed by atoms with Gasteiger partial charge in [-0.1, -0.05) is 12.8 Å². The lowest BCUT2D eigenvalue weighted by Gasteiger charge is -2.38. The fourth-order valence-electron chi connectivity index (χ4n) is 4.02. The van der Waals surface area contributed by atoms with Crippen LogP contribution in [-0.2, 0) is 0 Å². The van der Waals surface area contributed by atoms with Gasteiger partial charge in [-0.3, -0.25) is 0 Å². The maximum atomic E-state index is 4.60. The highest BCUT2D eigenvalue weighted by molar-refractivity contribution is 7.09. The average molecular weight is 278 g/mol. The fraction of sp³-hybridized carbons (Fsp3) is 0.812. The third-order valence-corrected chi connectivity index (χ3v) is 6.35. The molecule has 2 saturated carbocycles. The first kappa shape index (κ1) is 13.6. The van der Waals surface area contributed by atoms with Crippen LogP contribution in [0.25, 0.3) is 0 Å². The Labute approximate surface area is 121 Å². The molecular formula is C16H26N2S. The normalized spacial score (nSPS) is 24.9. The molecule has 2 aliphatic carbocycles. The van der Waals surface area contributed by atoms with E-state index in [4.69, 9.17) is 0 Å². The maximum Gasteiger partial charge on any atom is 0.110 e. The number of aryl methyl sites for hydroxylation is 1. The molecule has 0 saturated heterocycles. The lowest BCUT2D eigenvalue weighted by atomic mass is 9.71. The van der Waals surface area contributed by atoms with Crippen molar-refractivity contribution in [1.29, 1.82) is 0 Å². The monoisotopic (exact) mass is 278 g/mol. The third kappa shape index (κ3) is 3.03. The standard InChI is InChI=1S/C16H26N2S/c1-12-11-19-15(17-12)13(2)18-14-5-9-16(10-6-14)7-3-4-8-16/h11,13-14,18H,3-10H2,1-2H3. The van der Waals surface area contributed by atoms with Crippen molar-refractivity contribution >= 4 is 11.3 Å². The summed E-state index contributed by atoms with van der Waals surface area (Å²) >= 11 is 1.79. The summed E-state index contributed by atoms with van der Waals surface area (Å²) in [4.78, 5) is 4.60. The van der Waals surface area contributed by atoms with Crippen molar-refractivity contribution in [2.24, 2.45) is 5.41 Å². The summed E-state index contributed by atoms with van der Waals surface area (Å²) in [6.07, 6.45) is 11.6. The number of hydrogen-bond acceptors (Lipinski definition) is 3. The highest BCUT2D eigenvalue weighted by Gasteiger charge is 2.37. The van der Waals surface area contributed by atoms with Crippen molar-refractivity contribution in [2.75, 3.05) is 0 Å². The van der Waals surface area contributed by atoms with Crippen molar-refractivity contribution < 1.29 is 0 Å². The Morgan fingerprint density at radius 3 is 2.53 bits per heavy atom. The lowest BCUT2D eigenvalue weighted by molar-refractivity contribution is 0.164. The van der Waals surface area contributed by atoms with Crippen LogP contribution in [0.5, 0.6) is 0 Å². The molecule has 19 heavy (non-hydrogen) atoms. The smallest absolute Gasteiger partial charge is 0.110 e. The van der Waals surface area contributed by atoms with Crippen molar-refractivity contribution in [2.45, 2.75) is 77.3 Å². The van der Waals surface area contributed by atoms with E-state index >= 15 is 0 Å². The molecule has 3 rings (SSSR count). The van der Waals surface area contributed by atoms with E-state index in [-0.39, 0.29) is 0 Å². The molecule has 2 nitrogen and oxygen atoms in total. The SMILES string of the molecule is Cc1csc(C(C)NC2CCC3(CCCC3)CC2)n1. The molecule has 2 fully saturated rings. The molecule has 1 aromatic heterocycles. The van der Waals surface area contributed by atoms with Crippen LogP contribution in [0.1, 0.15) is 75.0 Å². The van der Waals surface area contributed by atoms with Crippen LogP contribution in [-0.4, -0.2) is 11.0 Å². The second kappa shape index (κ2) is 5.53. The summed E-state index contributed by atoms with van der Waals surface area (Å²) in [5.41, 5.74) is 1.90. The van der Waals surface area contributed by atoms with Gasteiger partial charge in [-0.2, -0.15) is 0 Å². The van der Waals surface area contributed by atoms with E-state index in [1.54, 1.807) is 11.3 Å². The first-order valence-electron chi connectivity index (χ1n) is 7.85. The van der Waals surface area contributed by atoms with E-state index in [2.05, 4.69) is 29.5 Å². The van der Waals surface area contributed by atoms with E-state index in [0.29, 0.717) is 12.1 Å². The van der Waals surface area contributed by atoms with Gasteiger partial charge in [-0.25, -0.2) is 4.98 Å². The Kier molecular flexibility index (Phi) is 3.95. The summed E-state index contributed by atoms with van der Waals surface area (Å²) in [7, 11) is 0. The maximum absolute atomic E-state index is 4.60. The number of thiazole rings is 1. The Morgan fingerprint density at radius 2 is 1.95 bits per heavy atom. The number of nitrogens with one attached hydrogen (secondary N) is 1. The molecule has 1 unspecified atom stereocenters. The summed E-state index contributed by atoms with van der Waals surface area (Å²) in [6.45, 7) is 4.34. The van der Waals surface area contributed by atoms with Crippen LogP contribution in [0.15, 0.2) is 5.38 Å². The van der Waals surface area contributed by atoms with Crippen molar-refractivity contribution in [3.8, 4) is 0 Å². The Morgan fingerprint density at radius 1 is 1.26 bits per heavy atom. The van der Waals surface area contributed by atoms with Crippen LogP contribution < -0.4 is 5.32 Å². The lowest BCUT2D eigenvalue weighted by Crippen LogP contribution is -2.37. The highest BCUT2D eigenvalue weighted by Crippen LogP contribution is 2.49. The van der Waals surface area contributed by atoms with Gasteiger partial charge < -0.3 is 5.32 Å². The van der Waals surface area contributed by atoms with Crippen LogP contribution >= 0.6 is 11.3 Å². The number of aromatic nitrogens is 1. The van der Waals surface area contributed by atoms with Crippen LogP contribution in [0.3, 0.4) is 0 Å². The van der Waals surface area contributed by atoms with Crippen molar-refractivity contribution in [3.05, 3.63) is 16.1 Å². The molecule has 1 spiro atoms. The zero-order valence-corrected chi connectivity index (χ0v) is 13.1. The highest BCUT2D eigenvalue weighted by atomic mass is 32.1. The summed E-state index contributed by atoms with van der Waals surface area (Å²) in [5.74, 6) is 0. The molecule has 0 aromatic carbocycles. The largest absolute Gasteiger partial charge is 0.305 e. The zero-order valence-electron chi connectivity index (χ0n) is 12.2. The van der Waals surface area contributed by atoms with E-state index in [0.717, 1.165) is 11.1 Å². The van der Waals surface area contributed by atoms with Crippen molar-refractivity contribution in [1.82, 2.24) is 10.3 Å². The average Bonchev–Trinajstić information content (AvgIpc) is 3.02. The fourth-order valence-corrected chi connectivity index (χ4v) is 4.83. The quantitative estimate of drug-likeness (QED) is 0.873. The first-order chi connectivity index (χ1) is 9.17. The topological polar surface area (TPSA) is 24.9 Å². The van der Waals surface area contributed by atoms with Crippen LogP contribution in [0.4, 0.5) is 0 Å². The minimum atomic E-state index is 0.418. The third-order valence-electron chi connectivity index (χ3n) is 5.20. The minimum absolute atomic E-state index is 0.418. The number of hydrogen-bond donors (Lipinski definition) is 1. The Hall–Kier alpha value is -0.410. The first-order valence-corrected chi connectivity index (χ1v) is 8.73. The Bertz CT molecular complexity index is 410. The molecule has 1 atom stereocenters. The van der Waals surface area contributed by atoms with Gasteiger partial charge in [-0.15, -0.1) is 11.3 Å². The molecule has 2 aliphatic rings. The molecule has 0 amide bonds. The van der Waals surface area contributed by atoms with Crippen LogP contribution in [0, 0.1) is 12.3 Å². The molecule has 1 heterocycles. The molecule has 1 N–H and O–H groups in total. The Balaban J connectivity index is 1.52. The van der Waals surface area contributed by atoms with Gasteiger partial charge in [0.2, 0.25) is 0 Å². The van der Waals surface area contributed by atoms with Gasteiger partial charge in [0.1, 0.15) is 5.01 Å². The predicted molar refractivity (Wildman–Crippen MR) is 81.6 cm³/mol.